The fourth-order valence-corrected chi connectivity index (χ4v) is 3.19. The van der Waals surface area contributed by atoms with Crippen LogP contribution in [0.1, 0.15) is 49.8 Å². The predicted octanol–water partition coefficient (Wildman–Crippen LogP) is 4.30. The first kappa shape index (κ1) is 15.8. The molecule has 0 bridgehead atoms. The molecule has 1 aliphatic rings. The molecule has 3 rings (SSSR count). The summed E-state index contributed by atoms with van der Waals surface area (Å²) in [5.41, 5.74) is 5.34. The number of amides is 1. The number of pyridine rings is 1. The number of rotatable bonds is 4. The van der Waals surface area contributed by atoms with E-state index >= 15 is 0 Å². The van der Waals surface area contributed by atoms with Crippen molar-refractivity contribution in [1.29, 1.82) is 0 Å². The summed E-state index contributed by atoms with van der Waals surface area (Å²) in [5, 5.41) is 2.98. The molecule has 2 aromatic heterocycles. The first-order valence-corrected chi connectivity index (χ1v) is 8.42. The molecule has 4 heteroatoms. The molecule has 0 saturated carbocycles. The second kappa shape index (κ2) is 6.19. The van der Waals surface area contributed by atoms with Gasteiger partial charge < -0.3 is 9.73 Å². The summed E-state index contributed by atoms with van der Waals surface area (Å²) >= 11 is 0. The Hall–Kier alpha value is -2.10. The van der Waals surface area contributed by atoms with Crippen LogP contribution in [0, 0.1) is 12.8 Å². The van der Waals surface area contributed by atoms with Crippen molar-refractivity contribution in [2.45, 2.75) is 53.4 Å². The molecule has 4 nitrogen and oxygen atoms in total. The molecular formula is C19H24N2O2. The molecule has 0 atom stereocenters. The van der Waals surface area contributed by atoms with Crippen molar-refractivity contribution in [3.63, 3.8) is 0 Å². The van der Waals surface area contributed by atoms with Crippen LogP contribution in [0.5, 0.6) is 0 Å². The highest BCUT2D eigenvalue weighted by Gasteiger charge is 2.24. The van der Waals surface area contributed by atoms with Crippen LogP contribution < -0.4 is 5.32 Å². The molecule has 2 heterocycles. The fraction of sp³-hybridized carbons (Fsp3) is 0.474. The van der Waals surface area contributed by atoms with E-state index in [1.165, 1.54) is 5.56 Å². The van der Waals surface area contributed by atoms with Gasteiger partial charge in [0.05, 0.1) is 17.6 Å². The topological polar surface area (TPSA) is 55.1 Å². The highest BCUT2D eigenvalue weighted by molar-refractivity contribution is 5.93. The van der Waals surface area contributed by atoms with Crippen LogP contribution in [0.2, 0.25) is 0 Å². The standard InChI is InChI=1S/C19H24N2O2/c1-5-13-9-15(20-10-16(13)21-19(22)11(2)3)18-12(4)23-17-8-6-7-14(17)18/h9-11H,5-8H2,1-4H3,(H,21,22). The molecule has 0 unspecified atom stereocenters. The zero-order valence-electron chi connectivity index (χ0n) is 14.3. The summed E-state index contributed by atoms with van der Waals surface area (Å²) in [5.74, 6) is 2.05. The summed E-state index contributed by atoms with van der Waals surface area (Å²) in [6, 6.07) is 2.09. The molecule has 23 heavy (non-hydrogen) atoms. The second-order valence-electron chi connectivity index (χ2n) is 6.51. The molecule has 0 spiro atoms. The molecule has 0 aromatic carbocycles. The van der Waals surface area contributed by atoms with Gasteiger partial charge in [-0.1, -0.05) is 20.8 Å². The third-order valence-corrected chi connectivity index (χ3v) is 4.51. The number of nitrogens with zero attached hydrogens (tertiary/aromatic N) is 1. The Morgan fingerprint density at radius 2 is 2.17 bits per heavy atom. The van der Waals surface area contributed by atoms with Crippen molar-refractivity contribution >= 4 is 11.6 Å². The SMILES string of the molecule is CCc1cc(-c2c(C)oc3c2CCC3)ncc1NC(=O)C(C)C. The first-order chi connectivity index (χ1) is 11.0. The van der Waals surface area contributed by atoms with E-state index in [-0.39, 0.29) is 11.8 Å². The lowest BCUT2D eigenvalue weighted by Crippen LogP contribution is -2.18. The van der Waals surface area contributed by atoms with E-state index in [1.807, 2.05) is 20.8 Å². The Morgan fingerprint density at radius 1 is 1.39 bits per heavy atom. The Labute approximate surface area is 137 Å². The van der Waals surface area contributed by atoms with Gasteiger partial charge in [0.15, 0.2) is 0 Å². The fourth-order valence-electron chi connectivity index (χ4n) is 3.19. The van der Waals surface area contributed by atoms with Crippen LogP contribution in [-0.2, 0) is 24.1 Å². The van der Waals surface area contributed by atoms with E-state index in [0.29, 0.717) is 0 Å². The van der Waals surface area contributed by atoms with E-state index in [4.69, 9.17) is 4.42 Å². The van der Waals surface area contributed by atoms with Crippen molar-refractivity contribution in [3.8, 4) is 11.3 Å². The largest absolute Gasteiger partial charge is 0.465 e. The molecular weight excluding hydrogens is 288 g/mol. The number of carbonyl (C=O) groups excluding carboxylic acids is 1. The maximum absolute atomic E-state index is 11.9. The molecule has 1 amide bonds. The number of carbonyl (C=O) groups is 1. The number of fused-ring (bicyclic) bond motifs is 1. The molecule has 0 aliphatic heterocycles. The van der Waals surface area contributed by atoms with Gasteiger partial charge in [-0.25, -0.2) is 0 Å². The summed E-state index contributed by atoms with van der Waals surface area (Å²) in [6.07, 6.45) is 5.88. The van der Waals surface area contributed by atoms with Crippen LogP contribution >= 0.6 is 0 Å². The number of anilines is 1. The van der Waals surface area contributed by atoms with E-state index < -0.39 is 0 Å². The zero-order chi connectivity index (χ0) is 16.6. The maximum atomic E-state index is 11.9. The van der Waals surface area contributed by atoms with E-state index in [9.17, 15) is 4.79 Å². The van der Waals surface area contributed by atoms with E-state index in [2.05, 4.69) is 23.3 Å². The third-order valence-electron chi connectivity index (χ3n) is 4.51. The first-order valence-electron chi connectivity index (χ1n) is 8.42. The van der Waals surface area contributed by atoms with Gasteiger partial charge in [0.2, 0.25) is 5.91 Å². The number of hydrogen-bond donors (Lipinski definition) is 1. The molecule has 0 saturated heterocycles. The lowest BCUT2D eigenvalue weighted by molar-refractivity contribution is -0.118. The Kier molecular flexibility index (Phi) is 4.24. The van der Waals surface area contributed by atoms with Crippen LogP contribution in [-0.4, -0.2) is 10.9 Å². The van der Waals surface area contributed by atoms with Crippen molar-refractivity contribution in [1.82, 2.24) is 4.98 Å². The second-order valence-corrected chi connectivity index (χ2v) is 6.51. The summed E-state index contributed by atoms with van der Waals surface area (Å²) in [4.78, 5) is 16.6. The maximum Gasteiger partial charge on any atom is 0.226 e. The zero-order valence-corrected chi connectivity index (χ0v) is 14.3. The minimum atomic E-state index is -0.0428. The van der Waals surface area contributed by atoms with E-state index in [0.717, 1.165) is 59.7 Å². The average molecular weight is 312 g/mol. The third kappa shape index (κ3) is 2.90. The van der Waals surface area contributed by atoms with Crippen molar-refractivity contribution in [2.75, 3.05) is 5.32 Å². The smallest absolute Gasteiger partial charge is 0.226 e. The Morgan fingerprint density at radius 3 is 2.87 bits per heavy atom. The molecule has 1 aliphatic carbocycles. The van der Waals surface area contributed by atoms with Crippen molar-refractivity contribution in [3.05, 3.63) is 34.9 Å². The summed E-state index contributed by atoms with van der Waals surface area (Å²) < 4.78 is 5.90. The van der Waals surface area contributed by atoms with Crippen molar-refractivity contribution < 1.29 is 9.21 Å². The van der Waals surface area contributed by atoms with Gasteiger partial charge in [0.1, 0.15) is 11.5 Å². The van der Waals surface area contributed by atoms with Gasteiger partial charge in [-0.05, 0) is 37.8 Å². The van der Waals surface area contributed by atoms with Gasteiger partial charge >= 0.3 is 0 Å². The molecule has 0 radical (unpaired) electrons. The summed E-state index contributed by atoms with van der Waals surface area (Å²) in [6.45, 7) is 7.88. The number of aromatic nitrogens is 1. The minimum Gasteiger partial charge on any atom is -0.465 e. The molecule has 2 aromatic rings. The number of hydrogen-bond acceptors (Lipinski definition) is 3. The van der Waals surface area contributed by atoms with Crippen LogP contribution in [0.4, 0.5) is 5.69 Å². The van der Waals surface area contributed by atoms with Gasteiger partial charge in [-0.3, -0.25) is 9.78 Å². The van der Waals surface area contributed by atoms with Crippen LogP contribution in [0.15, 0.2) is 16.7 Å². The minimum absolute atomic E-state index is 0.0228. The van der Waals surface area contributed by atoms with Gasteiger partial charge in [-0.2, -0.15) is 0 Å². The lowest BCUT2D eigenvalue weighted by Gasteiger charge is -2.13. The normalized spacial score (nSPS) is 13.4. The molecule has 122 valence electrons. The molecule has 1 N–H and O–H groups in total. The number of nitrogens with one attached hydrogen (secondary N) is 1. The monoisotopic (exact) mass is 312 g/mol. The van der Waals surface area contributed by atoms with E-state index in [1.54, 1.807) is 6.20 Å². The van der Waals surface area contributed by atoms with Crippen molar-refractivity contribution in [2.24, 2.45) is 5.92 Å². The van der Waals surface area contributed by atoms with Gasteiger partial charge in [0, 0.05) is 23.5 Å². The highest BCUT2D eigenvalue weighted by atomic mass is 16.3. The average Bonchev–Trinajstić information content (AvgIpc) is 3.07. The van der Waals surface area contributed by atoms with Gasteiger partial charge in [0.25, 0.3) is 0 Å². The quantitative estimate of drug-likeness (QED) is 0.916. The van der Waals surface area contributed by atoms with Crippen LogP contribution in [0.3, 0.4) is 0 Å². The number of aryl methyl sites for hydroxylation is 3. The number of furan rings is 1. The highest BCUT2D eigenvalue weighted by Crippen LogP contribution is 2.37. The van der Waals surface area contributed by atoms with Gasteiger partial charge in [-0.15, -0.1) is 0 Å². The lowest BCUT2D eigenvalue weighted by atomic mass is 10.0. The Bertz CT molecular complexity index is 744. The summed E-state index contributed by atoms with van der Waals surface area (Å²) in [7, 11) is 0. The Balaban J connectivity index is 1.98. The van der Waals surface area contributed by atoms with Crippen LogP contribution in [0.25, 0.3) is 11.3 Å². The predicted molar refractivity (Wildman–Crippen MR) is 91.5 cm³/mol. The molecule has 0 fully saturated rings.